The Morgan fingerprint density at radius 2 is 2.00 bits per heavy atom. The Labute approximate surface area is 172 Å². The molecule has 0 unspecified atom stereocenters. The number of nitrogens with zero attached hydrogens (tertiary/aromatic N) is 4. The van der Waals surface area contributed by atoms with Crippen molar-refractivity contribution in [3.8, 4) is 6.07 Å². The van der Waals surface area contributed by atoms with Crippen molar-refractivity contribution in [2.45, 2.75) is 25.8 Å². The molecule has 0 spiro atoms. The van der Waals surface area contributed by atoms with Gasteiger partial charge in [-0.05, 0) is 24.8 Å². The molecule has 0 radical (unpaired) electrons. The van der Waals surface area contributed by atoms with E-state index in [0.717, 1.165) is 31.5 Å². The number of carbonyl (C=O) groups excluding carboxylic acids is 1. The minimum atomic E-state index is -0.171. The standard InChI is InChI=1S/C20H18N4O2S2/c21-12-15-19(23-9-5-2-6-10-23)26-17(22-15)11-16-18(25)24(20(27)28-16)13-14-7-3-1-4-8-14/h1,3-4,7-8,11H,2,5-6,9-10,13H2/b16-11+. The molecule has 0 aliphatic carbocycles. The lowest BCUT2D eigenvalue weighted by molar-refractivity contribution is -0.122. The third-order valence-corrected chi connectivity index (χ3v) is 6.06. The van der Waals surface area contributed by atoms with E-state index in [0.29, 0.717) is 21.7 Å². The van der Waals surface area contributed by atoms with Crippen LogP contribution >= 0.6 is 24.0 Å². The summed E-state index contributed by atoms with van der Waals surface area (Å²) >= 11 is 6.61. The SMILES string of the molecule is N#Cc1nc(/C=C2/SC(=S)N(Cc3ccccc3)C2=O)oc1N1CCCCC1. The molecule has 3 heterocycles. The molecule has 1 amide bonds. The molecular weight excluding hydrogens is 392 g/mol. The molecule has 4 rings (SSSR count). The van der Waals surface area contributed by atoms with Gasteiger partial charge in [0, 0.05) is 19.2 Å². The highest BCUT2D eigenvalue weighted by Crippen LogP contribution is 2.34. The predicted molar refractivity (Wildman–Crippen MR) is 112 cm³/mol. The molecule has 2 saturated heterocycles. The molecule has 0 N–H and O–H groups in total. The number of anilines is 1. The van der Waals surface area contributed by atoms with Crippen LogP contribution in [0.4, 0.5) is 5.88 Å². The summed E-state index contributed by atoms with van der Waals surface area (Å²) in [4.78, 5) is 21.1. The average molecular weight is 411 g/mol. The number of rotatable bonds is 4. The van der Waals surface area contributed by atoms with Gasteiger partial charge >= 0.3 is 0 Å². The van der Waals surface area contributed by atoms with Gasteiger partial charge in [-0.25, -0.2) is 0 Å². The molecule has 0 bridgehead atoms. The molecule has 142 valence electrons. The van der Waals surface area contributed by atoms with Crippen LogP contribution in [-0.2, 0) is 11.3 Å². The zero-order valence-electron chi connectivity index (χ0n) is 15.1. The molecular formula is C20H18N4O2S2. The minimum Gasteiger partial charge on any atom is -0.420 e. The maximum atomic E-state index is 12.8. The van der Waals surface area contributed by atoms with Gasteiger partial charge in [-0.15, -0.1) is 0 Å². The fourth-order valence-corrected chi connectivity index (χ4v) is 4.51. The molecule has 6 nitrogen and oxygen atoms in total. The maximum Gasteiger partial charge on any atom is 0.266 e. The second-order valence-corrected chi connectivity index (χ2v) is 8.29. The summed E-state index contributed by atoms with van der Waals surface area (Å²) in [6, 6.07) is 11.8. The lowest BCUT2D eigenvalue weighted by atomic mass is 10.1. The summed E-state index contributed by atoms with van der Waals surface area (Å²) in [6.07, 6.45) is 4.90. The van der Waals surface area contributed by atoms with Gasteiger partial charge in [0.2, 0.25) is 17.5 Å². The lowest BCUT2D eigenvalue weighted by Gasteiger charge is -2.25. The zero-order valence-corrected chi connectivity index (χ0v) is 16.8. The van der Waals surface area contributed by atoms with Gasteiger partial charge in [-0.3, -0.25) is 9.69 Å². The highest BCUT2D eigenvalue weighted by molar-refractivity contribution is 8.26. The molecule has 1 aromatic heterocycles. The summed E-state index contributed by atoms with van der Waals surface area (Å²) in [5.41, 5.74) is 1.27. The number of carbonyl (C=O) groups is 1. The number of benzene rings is 1. The largest absolute Gasteiger partial charge is 0.420 e. The summed E-state index contributed by atoms with van der Waals surface area (Å²) in [5.74, 6) is 0.584. The average Bonchev–Trinajstić information content (AvgIpc) is 3.25. The van der Waals surface area contributed by atoms with Gasteiger partial charge in [-0.2, -0.15) is 10.2 Å². The fraction of sp³-hybridized carbons (Fsp3) is 0.300. The smallest absolute Gasteiger partial charge is 0.266 e. The molecule has 1 aromatic carbocycles. The van der Waals surface area contributed by atoms with Crippen LogP contribution in [0.5, 0.6) is 0 Å². The van der Waals surface area contributed by atoms with E-state index in [1.807, 2.05) is 35.2 Å². The number of oxazole rings is 1. The Morgan fingerprint density at radius 3 is 2.71 bits per heavy atom. The van der Waals surface area contributed by atoms with Crippen molar-refractivity contribution in [2.24, 2.45) is 0 Å². The minimum absolute atomic E-state index is 0.171. The molecule has 2 aromatic rings. The molecule has 0 saturated carbocycles. The van der Waals surface area contributed by atoms with Crippen LogP contribution in [0, 0.1) is 11.3 Å². The number of amides is 1. The third-order valence-electron chi connectivity index (χ3n) is 4.69. The number of nitriles is 1. The van der Waals surface area contributed by atoms with Crippen molar-refractivity contribution in [2.75, 3.05) is 18.0 Å². The second kappa shape index (κ2) is 8.17. The summed E-state index contributed by atoms with van der Waals surface area (Å²) < 4.78 is 6.34. The van der Waals surface area contributed by atoms with Gasteiger partial charge in [0.25, 0.3) is 5.91 Å². The molecule has 2 aliphatic heterocycles. The number of aromatic nitrogens is 1. The van der Waals surface area contributed by atoms with E-state index < -0.39 is 0 Å². The maximum absolute atomic E-state index is 12.8. The predicted octanol–water partition coefficient (Wildman–Crippen LogP) is 3.94. The number of piperidine rings is 1. The Bertz CT molecular complexity index is 972. The lowest BCUT2D eigenvalue weighted by Crippen LogP contribution is -2.29. The Balaban J connectivity index is 1.56. The Hall–Kier alpha value is -2.63. The van der Waals surface area contributed by atoms with Gasteiger partial charge in [-0.1, -0.05) is 54.3 Å². The monoisotopic (exact) mass is 410 g/mol. The van der Waals surface area contributed by atoms with E-state index in [4.69, 9.17) is 16.6 Å². The van der Waals surface area contributed by atoms with Gasteiger partial charge in [0.1, 0.15) is 10.4 Å². The first-order chi connectivity index (χ1) is 13.7. The highest BCUT2D eigenvalue weighted by atomic mass is 32.2. The van der Waals surface area contributed by atoms with Crippen LogP contribution in [-0.4, -0.2) is 33.2 Å². The topological polar surface area (TPSA) is 73.4 Å². The van der Waals surface area contributed by atoms with Crippen molar-refractivity contribution in [3.05, 3.63) is 52.4 Å². The number of thiocarbonyl (C=S) groups is 1. The molecule has 2 aliphatic rings. The van der Waals surface area contributed by atoms with Gasteiger partial charge in [0.05, 0.1) is 11.4 Å². The fourth-order valence-electron chi connectivity index (χ4n) is 3.29. The first-order valence-corrected chi connectivity index (χ1v) is 10.3. The van der Waals surface area contributed by atoms with E-state index in [9.17, 15) is 10.1 Å². The van der Waals surface area contributed by atoms with Crippen molar-refractivity contribution in [1.29, 1.82) is 5.26 Å². The van der Waals surface area contributed by atoms with Crippen LogP contribution in [0.1, 0.15) is 36.4 Å². The van der Waals surface area contributed by atoms with Crippen molar-refractivity contribution in [1.82, 2.24) is 9.88 Å². The Morgan fingerprint density at radius 1 is 1.25 bits per heavy atom. The van der Waals surface area contributed by atoms with E-state index in [-0.39, 0.29) is 17.5 Å². The van der Waals surface area contributed by atoms with Gasteiger partial charge < -0.3 is 9.32 Å². The zero-order chi connectivity index (χ0) is 19.5. The van der Waals surface area contributed by atoms with Crippen LogP contribution in [0.2, 0.25) is 0 Å². The quantitative estimate of drug-likeness (QED) is 0.558. The number of thioether (sulfide) groups is 1. The number of hydrogen-bond acceptors (Lipinski definition) is 7. The number of hydrogen-bond donors (Lipinski definition) is 0. The first-order valence-electron chi connectivity index (χ1n) is 9.11. The molecule has 28 heavy (non-hydrogen) atoms. The van der Waals surface area contributed by atoms with Crippen LogP contribution < -0.4 is 4.90 Å². The first kappa shape index (κ1) is 18.7. The van der Waals surface area contributed by atoms with E-state index in [1.165, 1.54) is 18.2 Å². The van der Waals surface area contributed by atoms with Crippen LogP contribution in [0.25, 0.3) is 6.08 Å². The Kier molecular flexibility index (Phi) is 5.46. The van der Waals surface area contributed by atoms with Gasteiger partial charge in [0.15, 0.2) is 0 Å². The summed E-state index contributed by atoms with van der Waals surface area (Å²) in [5, 5.41) is 9.40. The van der Waals surface area contributed by atoms with Crippen LogP contribution in [0.15, 0.2) is 39.7 Å². The van der Waals surface area contributed by atoms with E-state index in [1.54, 1.807) is 11.0 Å². The van der Waals surface area contributed by atoms with Crippen molar-refractivity contribution < 1.29 is 9.21 Å². The van der Waals surface area contributed by atoms with Crippen molar-refractivity contribution in [3.63, 3.8) is 0 Å². The highest BCUT2D eigenvalue weighted by Gasteiger charge is 2.33. The molecule has 2 fully saturated rings. The van der Waals surface area contributed by atoms with Crippen molar-refractivity contribution >= 4 is 46.2 Å². The normalized spacial score (nSPS) is 18.8. The van der Waals surface area contributed by atoms with E-state index >= 15 is 0 Å². The third kappa shape index (κ3) is 3.81. The summed E-state index contributed by atoms with van der Waals surface area (Å²) in [7, 11) is 0. The molecule has 8 heteroatoms. The second-order valence-electron chi connectivity index (χ2n) is 6.62. The van der Waals surface area contributed by atoms with Crippen LogP contribution in [0.3, 0.4) is 0 Å². The van der Waals surface area contributed by atoms with E-state index in [2.05, 4.69) is 11.1 Å². The summed E-state index contributed by atoms with van der Waals surface area (Å²) in [6.45, 7) is 2.13. The molecule has 0 atom stereocenters.